The topological polar surface area (TPSA) is 109 Å². The highest BCUT2D eigenvalue weighted by Crippen LogP contribution is 2.28. The zero-order chi connectivity index (χ0) is 20.4. The number of nitro benzene ring substituents is 1. The number of aryl methyl sites for hydroxylation is 2. The van der Waals surface area contributed by atoms with Gasteiger partial charge in [0.1, 0.15) is 17.9 Å². The van der Waals surface area contributed by atoms with Crippen LogP contribution in [0.2, 0.25) is 0 Å². The minimum atomic E-state index is -0.620. The van der Waals surface area contributed by atoms with Gasteiger partial charge in [-0.1, -0.05) is 0 Å². The molecule has 0 bridgehead atoms. The highest BCUT2D eigenvalue weighted by Gasteiger charge is 2.16. The van der Waals surface area contributed by atoms with E-state index < -0.39 is 16.5 Å². The van der Waals surface area contributed by atoms with Gasteiger partial charge in [-0.2, -0.15) is 0 Å². The molecule has 1 aliphatic rings. The zero-order valence-corrected chi connectivity index (χ0v) is 15.4. The summed E-state index contributed by atoms with van der Waals surface area (Å²) in [6, 6.07) is 10.6. The number of hydrogen-bond donors (Lipinski definition) is 0. The number of ether oxygens (including phenoxy) is 2. The van der Waals surface area contributed by atoms with Crippen molar-refractivity contribution in [1.29, 1.82) is 0 Å². The van der Waals surface area contributed by atoms with E-state index in [1.807, 2.05) is 12.1 Å². The Morgan fingerprint density at radius 2 is 1.83 bits per heavy atom. The van der Waals surface area contributed by atoms with Gasteiger partial charge in [-0.05, 0) is 54.7 Å². The maximum atomic E-state index is 12.0. The fourth-order valence-corrected chi connectivity index (χ4v) is 3.42. The molecule has 148 valence electrons. The number of carbonyl (C=O) groups is 1. The number of non-ortho nitro benzene ring substituents is 1. The van der Waals surface area contributed by atoms with Gasteiger partial charge >= 0.3 is 11.6 Å². The molecule has 0 unspecified atom stereocenters. The highest BCUT2D eigenvalue weighted by atomic mass is 16.6. The number of nitrogens with zero attached hydrogens (tertiary/aromatic N) is 1. The van der Waals surface area contributed by atoms with Crippen molar-refractivity contribution in [3.63, 3.8) is 0 Å². The molecule has 8 heteroatoms. The van der Waals surface area contributed by atoms with Crippen LogP contribution in [0.25, 0.3) is 11.0 Å². The van der Waals surface area contributed by atoms with Gasteiger partial charge < -0.3 is 13.9 Å². The lowest BCUT2D eigenvalue weighted by molar-refractivity contribution is -0.384. The predicted molar refractivity (Wildman–Crippen MR) is 103 cm³/mol. The minimum absolute atomic E-state index is 0.0683. The average molecular weight is 395 g/mol. The molecule has 4 rings (SSSR count). The lowest BCUT2D eigenvalue weighted by Gasteiger charge is -2.10. The van der Waals surface area contributed by atoms with Gasteiger partial charge in [0.05, 0.1) is 4.92 Å². The van der Waals surface area contributed by atoms with Crippen LogP contribution in [0.4, 0.5) is 5.69 Å². The van der Waals surface area contributed by atoms with Crippen LogP contribution in [-0.2, 0) is 29.0 Å². The SMILES string of the molecule is O=C(COc1ccc([N+](=O)[O-])cc1)OCc1cc(=O)oc2cc3c(cc12)CCC3. The van der Waals surface area contributed by atoms with E-state index in [9.17, 15) is 19.7 Å². The third-order valence-electron chi connectivity index (χ3n) is 4.84. The summed E-state index contributed by atoms with van der Waals surface area (Å²) in [5.74, 6) is -0.306. The molecule has 0 fully saturated rings. The van der Waals surface area contributed by atoms with Crippen LogP contribution in [0.5, 0.6) is 5.75 Å². The van der Waals surface area contributed by atoms with E-state index in [2.05, 4.69) is 0 Å². The lowest BCUT2D eigenvalue weighted by Crippen LogP contribution is -2.15. The van der Waals surface area contributed by atoms with E-state index in [0.29, 0.717) is 16.9 Å². The summed E-state index contributed by atoms with van der Waals surface area (Å²) < 4.78 is 15.8. The Labute approximate surface area is 164 Å². The standard InChI is InChI=1S/C21H17NO7/c23-20-10-15(18-8-13-2-1-3-14(13)9-19(18)29-20)11-28-21(24)12-27-17-6-4-16(5-7-17)22(25)26/h4-10H,1-3,11-12H2. The second-order valence-electron chi connectivity index (χ2n) is 6.76. The Kier molecular flexibility index (Phi) is 4.99. The van der Waals surface area contributed by atoms with Crippen molar-refractivity contribution in [2.75, 3.05) is 6.61 Å². The van der Waals surface area contributed by atoms with E-state index in [0.717, 1.165) is 24.6 Å². The largest absolute Gasteiger partial charge is 0.482 e. The fraction of sp³-hybridized carbons (Fsp3) is 0.238. The predicted octanol–water partition coefficient (Wildman–Crippen LogP) is 3.31. The first-order valence-electron chi connectivity index (χ1n) is 9.11. The van der Waals surface area contributed by atoms with E-state index >= 15 is 0 Å². The Morgan fingerprint density at radius 1 is 1.10 bits per heavy atom. The van der Waals surface area contributed by atoms with E-state index in [1.165, 1.54) is 41.5 Å². The second-order valence-corrected chi connectivity index (χ2v) is 6.76. The van der Waals surface area contributed by atoms with E-state index in [4.69, 9.17) is 13.9 Å². The van der Waals surface area contributed by atoms with E-state index in [1.54, 1.807) is 0 Å². The molecule has 0 spiro atoms. The quantitative estimate of drug-likeness (QED) is 0.273. The Balaban J connectivity index is 1.42. The summed E-state index contributed by atoms with van der Waals surface area (Å²) in [6.45, 7) is -0.435. The summed E-state index contributed by atoms with van der Waals surface area (Å²) in [7, 11) is 0. The van der Waals surface area contributed by atoms with Crippen LogP contribution in [-0.4, -0.2) is 17.5 Å². The maximum absolute atomic E-state index is 12.0. The van der Waals surface area contributed by atoms with Crippen LogP contribution in [0.15, 0.2) is 51.7 Å². The summed E-state index contributed by atoms with van der Waals surface area (Å²) in [5, 5.41) is 11.4. The molecular weight excluding hydrogens is 378 g/mol. The van der Waals surface area contributed by atoms with Crippen molar-refractivity contribution in [2.24, 2.45) is 0 Å². The van der Waals surface area contributed by atoms with Crippen LogP contribution < -0.4 is 10.4 Å². The van der Waals surface area contributed by atoms with E-state index in [-0.39, 0.29) is 18.9 Å². The molecule has 0 N–H and O–H groups in total. The molecule has 2 aromatic carbocycles. The molecule has 0 saturated heterocycles. The Bertz CT molecular complexity index is 1150. The first kappa shape index (κ1) is 18.7. The van der Waals surface area contributed by atoms with Gasteiger partial charge in [0.15, 0.2) is 6.61 Å². The van der Waals surface area contributed by atoms with Crippen LogP contribution in [0.1, 0.15) is 23.1 Å². The van der Waals surface area contributed by atoms with Gasteiger partial charge in [0, 0.05) is 29.1 Å². The molecule has 1 aromatic heterocycles. The lowest BCUT2D eigenvalue weighted by atomic mass is 10.0. The van der Waals surface area contributed by atoms with Gasteiger partial charge in [-0.3, -0.25) is 10.1 Å². The van der Waals surface area contributed by atoms with Crippen molar-refractivity contribution in [3.05, 3.63) is 79.7 Å². The van der Waals surface area contributed by atoms with Crippen LogP contribution in [0.3, 0.4) is 0 Å². The third kappa shape index (κ3) is 4.11. The normalized spacial score (nSPS) is 12.6. The average Bonchev–Trinajstić information content (AvgIpc) is 3.16. The molecule has 0 atom stereocenters. The molecule has 0 saturated carbocycles. The van der Waals surface area contributed by atoms with Gasteiger partial charge in [-0.15, -0.1) is 0 Å². The number of esters is 1. The molecule has 1 heterocycles. The molecule has 8 nitrogen and oxygen atoms in total. The maximum Gasteiger partial charge on any atom is 0.344 e. The number of hydrogen-bond acceptors (Lipinski definition) is 7. The fourth-order valence-electron chi connectivity index (χ4n) is 3.42. The van der Waals surface area contributed by atoms with Gasteiger partial charge in [-0.25, -0.2) is 9.59 Å². The van der Waals surface area contributed by atoms with Crippen molar-refractivity contribution in [1.82, 2.24) is 0 Å². The number of fused-ring (bicyclic) bond motifs is 2. The Morgan fingerprint density at radius 3 is 2.55 bits per heavy atom. The zero-order valence-electron chi connectivity index (χ0n) is 15.4. The number of carbonyl (C=O) groups excluding carboxylic acids is 1. The third-order valence-corrected chi connectivity index (χ3v) is 4.84. The molecule has 3 aromatic rings. The summed E-state index contributed by atoms with van der Waals surface area (Å²) in [4.78, 5) is 34.0. The molecule has 0 aliphatic heterocycles. The van der Waals surface area contributed by atoms with Crippen molar-refractivity contribution >= 4 is 22.6 Å². The Hall–Kier alpha value is -3.68. The summed E-state index contributed by atoms with van der Waals surface area (Å²) >= 11 is 0. The second kappa shape index (κ2) is 7.75. The minimum Gasteiger partial charge on any atom is -0.482 e. The summed E-state index contributed by atoms with van der Waals surface area (Å²) in [6.07, 6.45) is 3.01. The van der Waals surface area contributed by atoms with Crippen molar-refractivity contribution in [2.45, 2.75) is 25.9 Å². The monoisotopic (exact) mass is 395 g/mol. The molecule has 1 aliphatic carbocycles. The first-order chi connectivity index (χ1) is 14.0. The molecular formula is C21H17NO7. The first-order valence-corrected chi connectivity index (χ1v) is 9.11. The van der Waals surface area contributed by atoms with Crippen LogP contribution in [0, 0.1) is 10.1 Å². The highest BCUT2D eigenvalue weighted by molar-refractivity contribution is 5.82. The van der Waals surface area contributed by atoms with Gasteiger partial charge in [0.25, 0.3) is 5.69 Å². The summed E-state index contributed by atoms with van der Waals surface area (Å²) in [5.41, 5.74) is 2.91. The smallest absolute Gasteiger partial charge is 0.344 e. The number of benzene rings is 2. The molecule has 0 amide bonds. The number of nitro groups is 1. The van der Waals surface area contributed by atoms with Crippen LogP contribution >= 0.6 is 0 Å². The molecule has 0 radical (unpaired) electrons. The van der Waals surface area contributed by atoms with Crippen molar-refractivity contribution in [3.8, 4) is 5.75 Å². The number of rotatable bonds is 6. The van der Waals surface area contributed by atoms with Crippen molar-refractivity contribution < 1.29 is 23.6 Å². The van der Waals surface area contributed by atoms with Gasteiger partial charge in [0.2, 0.25) is 0 Å². The molecule has 29 heavy (non-hydrogen) atoms.